The van der Waals surface area contributed by atoms with Gasteiger partial charge in [0, 0.05) is 23.4 Å². The Balaban J connectivity index is 2.45. The van der Waals surface area contributed by atoms with E-state index in [9.17, 15) is 0 Å². The van der Waals surface area contributed by atoms with Crippen LogP contribution in [0, 0.1) is 12.3 Å². The molecule has 3 nitrogen and oxygen atoms in total. The van der Waals surface area contributed by atoms with E-state index in [0.717, 1.165) is 0 Å². The van der Waals surface area contributed by atoms with Crippen LogP contribution >= 0.6 is 11.6 Å². The zero-order chi connectivity index (χ0) is 13.6. The topological polar surface area (TPSA) is 31.4 Å². The van der Waals surface area contributed by atoms with Gasteiger partial charge in [0.25, 0.3) is 0 Å². The standard InChI is InChI=1S/C13H15BClNO2/c1-6-9-7-16-8-10(15)11(9)14-17-12(2,3)13(4,5)18-14/h1,7-8H,2-5H3. The Hall–Kier alpha value is -1.02. The molecule has 0 radical (unpaired) electrons. The number of aromatic nitrogens is 1. The molecule has 0 spiro atoms. The Kier molecular flexibility index (Phi) is 3.18. The molecule has 1 aromatic rings. The third-order valence-corrected chi connectivity index (χ3v) is 3.88. The first-order valence-corrected chi connectivity index (χ1v) is 6.12. The van der Waals surface area contributed by atoms with E-state index in [1.807, 2.05) is 27.7 Å². The van der Waals surface area contributed by atoms with Crippen molar-refractivity contribution in [3.63, 3.8) is 0 Å². The van der Waals surface area contributed by atoms with Crippen LogP contribution < -0.4 is 5.46 Å². The van der Waals surface area contributed by atoms with Gasteiger partial charge in [-0.2, -0.15) is 0 Å². The van der Waals surface area contributed by atoms with Gasteiger partial charge in [-0.25, -0.2) is 0 Å². The fraction of sp³-hybridized carbons (Fsp3) is 0.462. The third-order valence-electron chi connectivity index (χ3n) is 3.58. The Morgan fingerprint density at radius 3 is 2.28 bits per heavy atom. The summed E-state index contributed by atoms with van der Waals surface area (Å²) in [6.07, 6.45) is 8.60. The van der Waals surface area contributed by atoms with Crippen LogP contribution in [0.4, 0.5) is 0 Å². The first-order valence-electron chi connectivity index (χ1n) is 5.74. The number of nitrogens with zero attached hydrogens (tertiary/aromatic N) is 1. The van der Waals surface area contributed by atoms with Crippen molar-refractivity contribution in [2.75, 3.05) is 0 Å². The highest BCUT2D eigenvalue weighted by Crippen LogP contribution is 2.37. The highest BCUT2D eigenvalue weighted by Gasteiger charge is 2.52. The summed E-state index contributed by atoms with van der Waals surface area (Å²) in [5, 5.41) is 0.462. The Morgan fingerprint density at radius 1 is 1.22 bits per heavy atom. The van der Waals surface area contributed by atoms with Crippen LogP contribution in [0.5, 0.6) is 0 Å². The lowest BCUT2D eigenvalue weighted by Crippen LogP contribution is -2.41. The van der Waals surface area contributed by atoms with Crippen molar-refractivity contribution >= 4 is 24.2 Å². The van der Waals surface area contributed by atoms with Gasteiger partial charge >= 0.3 is 7.12 Å². The van der Waals surface area contributed by atoms with Crippen LogP contribution in [-0.2, 0) is 9.31 Å². The van der Waals surface area contributed by atoms with Gasteiger partial charge in [0.15, 0.2) is 0 Å². The van der Waals surface area contributed by atoms with Crippen molar-refractivity contribution in [3.8, 4) is 12.3 Å². The number of pyridine rings is 1. The predicted octanol–water partition coefficient (Wildman–Crippen LogP) is 2.02. The van der Waals surface area contributed by atoms with E-state index in [1.165, 1.54) is 0 Å². The second kappa shape index (κ2) is 4.27. The molecule has 94 valence electrons. The molecular formula is C13H15BClNO2. The van der Waals surface area contributed by atoms with Crippen LogP contribution in [0.2, 0.25) is 5.02 Å². The molecule has 1 fully saturated rings. The Morgan fingerprint density at radius 2 is 1.78 bits per heavy atom. The van der Waals surface area contributed by atoms with Crippen LogP contribution in [-0.4, -0.2) is 23.3 Å². The molecule has 0 unspecified atom stereocenters. The summed E-state index contributed by atoms with van der Waals surface area (Å²) in [6.45, 7) is 7.94. The average Bonchev–Trinajstić information content (AvgIpc) is 2.47. The van der Waals surface area contributed by atoms with E-state index in [2.05, 4.69) is 10.9 Å². The van der Waals surface area contributed by atoms with Gasteiger partial charge in [0.05, 0.1) is 16.2 Å². The van der Waals surface area contributed by atoms with E-state index in [0.29, 0.717) is 16.0 Å². The maximum absolute atomic E-state index is 6.16. The van der Waals surface area contributed by atoms with Crippen LogP contribution in [0.25, 0.3) is 0 Å². The largest absolute Gasteiger partial charge is 0.497 e. The van der Waals surface area contributed by atoms with E-state index in [1.54, 1.807) is 12.4 Å². The summed E-state index contributed by atoms with van der Waals surface area (Å²) in [7, 11) is -0.559. The molecular weight excluding hydrogens is 248 g/mol. The predicted molar refractivity (Wildman–Crippen MR) is 72.9 cm³/mol. The molecule has 0 amide bonds. The van der Waals surface area contributed by atoms with Crippen LogP contribution in [0.1, 0.15) is 33.3 Å². The monoisotopic (exact) mass is 263 g/mol. The third kappa shape index (κ3) is 2.03. The maximum atomic E-state index is 6.16. The quantitative estimate of drug-likeness (QED) is 0.574. The molecule has 0 aliphatic carbocycles. The molecule has 0 N–H and O–H groups in total. The van der Waals surface area contributed by atoms with Gasteiger partial charge in [0.2, 0.25) is 0 Å². The molecule has 2 heterocycles. The molecule has 1 aliphatic rings. The zero-order valence-electron chi connectivity index (χ0n) is 11.0. The lowest BCUT2D eigenvalue weighted by molar-refractivity contribution is 0.00578. The van der Waals surface area contributed by atoms with Gasteiger partial charge in [-0.3, -0.25) is 4.98 Å². The molecule has 1 aliphatic heterocycles. The first kappa shape index (κ1) is 13.4. The molecule has 1 aromatic heterocycles. The fourth-order valence-corrected chi connectivity index (χ4v) is 2.01. The lowest BCUT2D eigenvalue weighted by Gasteiger charge is -2.32. The fourth-order valence-electron chi connectivity index (χ4n) is 1.76. The molecule has 0 atom stereocenters. The number of rotatable bonds is 1. The smallest absolute Gasteiger partial charge is 0.399 e. The molecule has 1 saturated heterocycles. The van der Waals surface area contributed by atoms with Crippen molar-refractivity contribution in [1.29, 1.82) is 0 Å². The molecule has 0 saturated carbocycles. The van der Waals surface area contributed by atoms with Crippen molar-refractivity contribution < 1.29 is 9.31 Å². The van der Waals surface area contributed by atoms with Crippen LogP contribution in [0.3, 0.4) is 0 Å². The molecule has 0 bridgehead atoms. The summed E-state index contributed by atoms with van der Waals surface area (Å²) < 4.78 is 11.9. The van der Waals surface area contributed by atoms with Gasteiger partial charge < -0.3 is 9.31 Å². The van der Waals surface area contributed by atoms with E-state index in [4.69, 9.17) is 27.3 Å². The SMILES string of the molecule is C#Cc1cncc(Cl)c1B1OC(C)(C)C(C)(C)O1. The second-order valence-electron chi connectivity index (χ2n) is 5.32. The minimum Gasteiger partial charge on any atom is -0.399 e. The molecule has 2 rings (SSSR count). The zero-order valence-corrected chi connectivity index (χ0v) is 11.7. The molecule has 18 heavy (non-hydrogen) atoms. The van der Waals surface area contributed by atoms with E-state index in [-0.39, 0.29) is 0 Å². The summed E-state index contributed by atoms with van der Waals surface area (Å²) in [5.74, 6) is 2.56. The summed E-state index contributed by atoms with van der Waals surface area (Å²) in [6, 6.07) is 0. The van der Waals surface area contributed by atoms with Gasteiger partial charge in [-0.05, 0) is 27.7 Å². The van der Waals surface area contributed by atoms with Crippen molar-refractivity contribution in [3.05, 3.63) is 23.0 Å². The van der Waals surface area contributed by atoms with Crippen molar-refractivity contribution in [2.45, 2.75) is 38.9 Å². The van der Waals surface area contributed by atoms with Crippen LogP contribution in [0.15, 0.2) is 12.4 Å². The van der Waals surface area contributed by atoms with Crippen molar-refractivity contribution in [1.82, 2.24) is 4.98 Å². The van der Waals surface area contributed by atoms with Gasteiger partial charge in [-0.15, -0.1) is 6.42 Å². The lowest BCUT2D eigenvalue weighted by atomic mass is 9.77. The highest BCUT2D eigenvalue weighted by molar-refractivity contribution is 6.66. The van der Waals surface area contributed by atoms with E-state index >= 15 is 0 Å². The number of hydrogen-bond donors (Lipinski definition) is 0. The minimum absolute atomic E-state index is 0.421. The van der Waals surface area contributed by atoms with E-state index < -0.39 is 18.3 Å². The number of hydrogen-bond acceptors (Lipinski definition) is 3. The van der Waals surface area contributed by atoms with Gasteiger partial charge in [-0.1, -0.05) is 17.5 Å². The van der Waals surface area contributed by atoms with Crippen molar-refractivity contribution in [2.24, 2.45) is 0 Å². The first-order chi connectivity index (χ1) is 8.28. The summed E-state index contributed by atoms with van der Waals surface area (Å²) >= 11 is 6.16. The molecule has 0 aromatic carbocycles. The second-order valence-corrected chi connectivity index (χ2v) is 5.72. The summed E-state index contributed by atoms with van der Waals surface area (Å²) in [5.41, 5.74) is 0.431. The maximum Gasteiger partial charge on any atom is 0.497 e. The normalized spacial score (nSPS) is 20.8. The minimum atomic E-state index is -0.559. The summed E-state index contributed by atoms with van der Waals surface area (Å²) in [4.78, 5) is 3.97. The number of terminal acetylenes is 1. The highest BCUT2D eigenvalue weighted by atomic mass is 35.5. The Labute approximate surface area is 113 Å². The Bertz CT molecular complexity index is 506. The molecule has 5 heteroatoms. The average molecular weight is 264 g/mol. The number of halogens is 1. The van der Waals surface area contributed by atoms with Gasteiger partial charge in [0.1, 0.15) is 0 Å².